The number of hydrogen-bond acceptors (Lipinski definition) is 6. The molecular formula is C23H21BrFNO5S. The number of amides is 2. The van der Waals surface area contributed by atoms with E-state index >= 15 is 0 Å². The van der Waals surface area contributed by atoms with Gasteiger partial charge >= 0.3 is 5.97 Å². The second-order valence-electron chi connectivity index (χ2n) is 7.04. The predicted octanol–water partition coefficient (Wildman–Crippen LogP) is 5.55. The molecule has 0 spiro atoms. The van der Waals surface area contributed by atoms with Gasteiger partial charge in [0.05, 0.1) is 11.0 Å². The summed E-state index contributed by atoms with van der Waals surface area (Å²) in [6.07, 6.45) is 1.85. The molecule has 0 N–H and O–H groups in total. The third-order valence-electron chi connectivity index (χ3n) is 4.67. The van der Waals surface area contributed by atoms with E-state index in [9.17, 15) is 18.8 Å². The summed E-state index contributed by atoms with van der Waals surface area (Å²) >= 11 is 4.11. The maximum Gasteiger partial charge on any atom is 0.326 e. The molecule has 0 aliphatic carbocycles. The van der Waals surface area contributed by atoms with Crippen LogP contribution in [0.15, 0.2) is 51.8 Å². The molecule has 1 aliphatic rings. The number of imide groups is 1. The number of thioether (sulfide) groups is 1. The summed E-state index contributed by atoms with van der Waals surface area (Å²) in [5, 5.41) is -0.550. The second kappa shape index (κ2) is 10.8. The largest absolute Gasteiger partial charge is 0.488 e. The summed E-state index contributed by atoms with van der Waals surface area (Å²) in [5.74, 6) is -1.18. The Kier molecular flexibility index (Phi) is 8.09. The van der Waals surface area contributed by atoms with E-state index in [1.807, 2.05) is 6.92 Å². The number of rotatable bonds is 8. The third kappa shape index (κ3) is 5.98. The second-order valence-corrected chi connectivity index (χ2v) is 8.95. The summed E-state index contributed by atoms with van der Waals surface area (Å²) in [5.41, 5.74) is 0.921. The number of hydrogen-bond donors (Lipinski definition) is 0. The van der Waals surface area contributed by atoms with E-state index in [1.54, 1.807) is 43.3 Å². The Labute approximate surface area is 197 Å². The zero-order valence-electron chi connectivity index (χ0n) is 17.5. The highest BCUT2D eigenvalue weighted by atomic mass is 79.9. The maximum atomic E-state index is 13.9. The third-order valence-corrected chi connectivity index (χ3v) is 6.07. The number of nitrogens with zero attached hydrogens (tertiary/aromatic N) is 1. The topological polar surface area (TPSA) is 72.9 Å². The minimum Gasteiger partial charge on any atom is -0.488 e. The highest BCUT2D eigenvalue weighted by molar-refractivity contribution is 9.10. The van der Waals surface area contributed by atoms with Crippen molar-refractivity contribution in [2.75, 3.05) is 6.54 Å². The lowest BCUT2D eigenvalue weighted by molar-refractivity contribution is -0.150. The van der Waals surface area contributed by atoms with Crippen molar-refractivity contribution in [2.24, 2.45) is 0 Å². The Balaban J connectivity index is 1.78. The fraction of sp³-hybridized carbons (Fsp3) is 0.261. The number of carbonyl (C=O) groups excluding carboxylic acids is 3. The molecule has 2 aromatic rings. The molecule has 1 aliphatic heterocycles. The lowest BCUT2D eigenvalue weighted by atomic mass is 10.1. The monoisotopic (exact) mass is 521 g/mol. The van der Waals surface area contributed by atoms with Crippen LogP contribution in [0.4, 0.5) is 9.18 Å². The van der Waals surface area contributed by atoms with Gasteiger partial charge in [0.2, 0.25) is 0 Å². The van der Waals surface area contributed by atoms with Gasteiger partial charge in [0, 0.05) is 15.6 Å². The van der Waals surface area contributed by atoms with Crippen LogP contribution in [0.1, 0.15) is 31.4 Å². The van der Waals surface area contributed by atoms with Crippen molar-refractivity contribution in [3.63, 3.8) is 0 Å². The molecule has 32 heavy (non-hydrogen) atoms. The van der Waals surface area contributed by atoms with Crippen LogP contribution in [0, 0.1) is 5.82 Å². The average molecular weight is 522 g/mol. The average Bonchev–Trinajstić information content (AvgIpc) is 3.01. The fourth-order valence-electron chi connectivity index (χ4n) is 2.79. The smallest absolute Gasteiger partial charge is 0.326 e. The molecule has 3 rings (SSSR count). The van der Waals surface area contributed by atoms with Crippen molar-refractivity contribution in [2.45, 2.75) is 33.0 Å². The zero-order chi connectivity index (χ0) is 23.3. The molecule has 2 amide bonds. The number of esters is 1. The lowest BCUT2D eigenvalue weighted by Gasteiger charge is -2.15. The normalized spacial score (nSPS) is 15.9. The summed E-state index contributed by atoms with van der Waals surface area (Å²) < 4.78 is 25.6. The predicted molar refractivity (Wildman–Crippen MR) is 123 cm³/mol. The Morgan fingerprint density at radius 3 is 2.72 bits per heavy atom. The van der Waals surface area contributed by atoms with Crippen LogP contribution in [-0.4, -0.2) is 34.7 Å². The van der Waals surface area contributed by atoms with Gasteiger partial charge in [-0.15, -0.1) is 0 Å². The summed E-state index contributed by atoms with van der Waals surface area (Å²) in [7, 11) is 0. The van der Waals surface area contributed by atoms with Gasteiger partial charge in [0.15, 0.2) is 0 Å². The first-order chi connectivity index (χ1) is 15.3. The Hall–Kier alpha value is -2.65. The molecular weight excluding hydrogens is 501 g/mol. The van der Waals surface area contributed by atoms with E-state index in [-0.39, 0.29) is 23.4 Å². The van der Waals surface area contributed by atoms with Gasteiger partial charge in [-0.3, -0.25) is 19.3 Å². The van der Waals surface area contributed by atoms with Crippen LogP contribution in [-0.2, 0) is 20.9 Å². The van der Waals surface area contributed by atoms with E-state index in [0.717, 1.165) is 21.1 Å². The Morgan fingerprint density at radius 2 is 2.00 bits per heavy atom. The summed E-state index contributed by atoms with van der Waals surface area (Å²) in [6.45, 7) is 3.16. The van der Waals surface area contributed by atoms with Gasteiger partial charge in [-0.2, -0.15) is 0 Å². The van der Waals surface area contributed by atoms with Crippen molar-refractivity contribution in [1.82, 2.24) is 4.90 Å². The summed E-state index contributed by atoms with van der Waals surface area (Å²) in [4.78, 5) is 38.1. The van der Waals surface area contributed by atoms with Gasteiger partial charge in [-0.05, 0) is 55.4 Å². The minimum absolute atomic E-state index is 0.00191. The van der Waals surface area contributed by atoms with E-state index < -0.39 is 23.7 Å². The van der Waals surface area contributed by atoms with E-state index in [4.69, 9.17) is 9.47 Å². The number of benzene rings is 2. The van der Waals surface area contributed by atoms with Crippen LogP contribution in [0.5, 0.6) is 5.75 Å². The molecule has 1 saturated heterocycles. The highest BCUT2D eigenvalue weighted by Crippen LogP contribution is 2.35. The highest BCUT2D eigenvalue weighted by Gasteiger charge is 2.37. The van der Waals surface area contributed by atoms with Crippen molar-refractivity contribution < 1.29 is 28.2 Å². The first-order valence-electron chi connectivity index (χ1n) is 9.89. The molecule has 0 aromatic heterocycles. The molecule has 0 bridgehead atoms. The molecule has 6 nitrogen and oxygen atoms in total. The van der Waals surface area contributed by atoms with Crippen molar-refractivity contribution in [3.8, 4) is 5.75 Å². The van der Waals surface area contributed by atoms with Crippen molar-refractivity contribution in [3.05, 3.63) is 68.8 Å². The maximum absolute atomic E-state index is 13.9. The minimum atomic E-state index is -0.640. The van der Waals surface area contributed by atoms with Crippen LogP contribution in [0.2, 0.25) is 0 Å². The molecule has 0 unspecified atom stereocenters. The Morgan fingerprint density at radius 1 is 1.25 bits per heavy atom. The van der Waals surface area contributed by atoms with Gasteiger partial charge in [-0.25, -0.2) is 4.39 Å². The Bertz CT molecular complexity index is 1070. The SMILES string of the molecule is CC[C@H](C)OC(=O)CN1C(=O)S/C(=C\c2cc(Br)ccc2OCc2ccccc2F)C1=O. The molecule has 0 radical (unpaired) electrons. The first-order valence-corrected chi connectivity index (χ1v) is 11.5. The van der Waals surface area contributed by atoms with Crippen molar-refractivity contribution >= 4 is 50.9 Å². The molecule has 1 atom stereocenters. The molecule has 9 heteroatoms. The van der Waals surface area contributed by atoms with Crippen LogP contribution in [0.3, 0.4) is 0 Å². The first kappa shape index (κ1) is 24.0. The van der Waals surface area contributed by atoms with E-state index in [1.165, 1.54) is 12.1 Å². The zero-order valence-corrected chi connectivity index (χ0v) is 19.9. The number of carbonyl (C=O) groups is 3. The molecule has 168 valence electrons. The van der Waals surface area contributed by atoms with Crippen LogP contribution >= 0.6 is 27.7 Å². The van der Waals surface area contributed by atoms with Crippen LogP contribution < -0.4 is 4.74 Å². The fourth-order valence-corrected chi connectivity index (χ4v) is 3.99. The van der Waals surface area contributed by atoms with Crippen LogP contribution in [0.25, 0.3) is 6.08 Å². The number of ether oxygens (including phenoxy) is 2. The van der Waals surface area contributed by atoms with Gasteiger partial charge in [-0.1, -0.05) is 41.1 Å². The lowest BCUT2D eigenvalue weighted by Crippen LogP contribution is -2.35. The van der Waals surface area contributed by atoms with Gasteiger partial charge in [0.25, 0.3) is 11.1 Å². The van der Waals surface area contributed by atoms with E-state index in [0.29, 0.717) is 23.3 Å². The quantitative estimate of drug-likeness (QED) is 0.335. The van der Waals surface area contributed by atoms with Gasteiger partial charge in [0.1, 0.15) is 24.7 Å². The van der Waals surface area contributed by atoms with Gasteiger partial charge < -0.3 is 9.47 Å². The molecule has 0 saturated carbocycles. The van der Waals surface area contributed by atoms with E-state index in [2.05, 4.69) is 15.9 Å². The standard InChI is InChI=1S/C23H21BrFNO5S/c1-3-14(2)31-21(27)12-26-22(28)20(32-23(26)29)11-16-10-17(24)8-9-19(16)30-13-15-6-4-5-7-18(15)25/h4-11,14H,3,12-13H2,1-2H3/b20-11-/t14-/m0/s1. The molecule has 2 aromatic carbocycles. The summed E-state index contributed by atoms with van der Waals surface area (Å²) in [6, 6.07) is 11.4. The van der Waals surface area contributed by atoms with Crippen molar-refractivity contribution in [1.29, 1.82) is 0 Å². The molecule has 1 heterocycles. The number of halogens is 2. The molecule has 1 fully saturated rings.